The molecule has 0 aromatic heterocycles. The predicted octanol–water partition coefficient (Wildman–Crippen LogP) is 1.60. The molecule has 66 valence electrons. The summed E-state index contributed by atoms with van der Waals surface area (Å²) in [6, 6.07) is 0. The third-order valence-corrected chi connectivity index (χ3v) is 1.38. The number of allylic oxidation sites excluding steroid dienone is 1. The zero-order valence-electron chi connectivity index (χ0n) is 6.18. The molecule has 0 aliphatic carbocycles. The number of nitrogens with one attached hydrogen (secondary N) is 1. The number of nitrogens with zero attached hydrogens (tertiary/aromatic N) is 2. The second-order valence-corrected chi connectivity index (χ2v) is 2.04. The van der Waals surface area contributed by atoms with Gasteiger partial charge in [-0.1, -0.05) is 0 Å². The number of rotatable bonds is 0. The summed E-state index contributed by atoms with van der Waals surface area (Å²) in [5.41, 5.74) is 1.06. The van der Waals surface area contributed by atoms with Crippen LogP contribution in [0.1, 0.15) is 0 Å². The van der Waals surface area contributed by atoms with Gasteiger partial charge in [0, 0.05) is 31.0 Å². The molecule has 0 saturated carbocycles. The van der Waals surface area contributed by atoms with Gasteiger partial charge in [-0.2, -0.15) is 0 Å². The third kappa shape index (κ3) is 2.03. The van der Waals surface area contributed by atoms with E-state index in [0.717, 1.165) is 5.70 Å². The summed E-state index contributed by atoms with van der Waals surface area (Å²) in [7, 11) is 0. The van der Waals surface area contributed by atoms with Crippen molar-refractivity contribution < 1.29 is 0 Å². The van der Waals surface area contributed by atoms with Crippen LogP contribution in [-0.4, -0.2) is 11.1 Å². The molecule has 1 N–H and O–H groups in total. The van der Waals surface area contributed by atoms with Crippen molar-refractivity contribution in [2.45, 2.75) is 0 Å². The first-order valence-electron chi connectivity index (χ1n) is 3.08. The van der Waals surface area contributed by atoms with Crippen molar-refractivity contribution in [2.24, 2.45) is 4.99 Å². The van der Waals surface area contributed by atoms with Crippen molar-refractivity contribution in [3.63, 3.8) is 0 Å². The van der Waals surface area contributed by atoms with Crippen molar-refractivity contribution in [3.8, 4) is 0 Å². The van der Waals surface area contributed by atoms with Crippen molar-refractivity contribution >= 4 is 31.0 Å². The standard InChI is InChI=1S/C7H7N3.2ClH/c1-3-10-4-2-9-6-7(10)5-8-1;;/h1-6,8H;2*1H. The van der Waals surface area contributed by atoms with Gasteiger partial charge >= 0.3 is 0 Å². The first-order chi connectivity index (χ1) is 4.97. The van der Waals surface area contributed by atoms with E-state index in [2.05, 4.69) is 10.3 Å². The highest BCUT2D eigenvalue weighted by molar-refractivity contribution is 5.85. The summed E-state index contributed by atoms with van der Waals surface area (Å²) in [5.74, 6) is 0. The van der Waals surface area contributed by atoms with Crippen LogP contribution in [0.2, 0.25) is 0 Å². The average Bonchev–Trinajstić information content (AvgIpc) is 2.05. The fourth-order valence-electron chi connectivity index (χ4n) is 0.887. The minimum absolute atomic E-state index is 0. The molecule has 0 bridgehead atoms. The second-order valence-electron chi connectivity index (χ2n) is 2.04. The van der Waals surface area contributed by atoms with Crippen LogP contribution in [0.5, 0.6) is 0 Å². The summed E-state index contributed by atoms with van der Waals surface area (Å²) < 4.78 is 0. The van der Waals surface area contributed by atoms with Gasteiger partial charge in [-0.25, -0.2) is 0 Å². The summed E-state index contributed by atoms with van der Waals surface area (Å²) in [6.45, 7) is 0. The van der Waals surface area contributed by atoms with E-state index >= 15 is 0 Å². The minimum Gasteiger partial charge on any atom is -0.365 e. The Morgan fingerprint density at radius 2 is 2.08 bits per heavy atom. The van der Waals surface area contributed by atoms with Crippen LogP contribution in [0.4, 0.5) is 0 Å². The number of hydrogen-bond donors (Lipinski definition) is 1. The molecule has 0 radical (unpaired) electrons. The molecule has 12 heavy (non-hydrogen) atoms. The summed E-state index contributed by atoms with van der Waals surface area (Å²) in [5, 5.41) is 2.97. The van der Waals surface area contributed by atoms with Crippen molar-refractivity contribution in [1.29, 1.82) is 0 Å². The Morgan fingerprint density at radius 1 is 1.25 bits per heavy atom. The monoisotopic (exact) mass is 205 g/mol. The molecule has 0 aromatic rings. The molecule has 2 rings (SSSR count). The predicted molar refractivity (Wildman–Crippen MR) is 54.3 cm³/mol. The van der Waals surface area contributed by atoms with E-state index in [1.54, 1.807) is 12.4 Å². The number of fused-ring (bicyclic) bond motifs is 1. The number of halogens is 2. The molecule has 5 heteroatoms. The number of hydrogen-bond acceptors (Lipinski definition) is 3. The molecule has 3 nitrogen and oxygen atoms in total. The third-order valence-electron chi connectivity index (χ3n) is 1.38. The van der Waals surface area contributed by atoms with Crippen LogP contribution in [-0.2, 0) is 0 Å². The lowest BCUT2D eigenvalue weighted by molar-refractivity contribution is 0.633. The Morgan fingerprint density at radius 3 is 2.83 bits per heavy atom. The smallest absolute Gasteiger partial charge is 0.0796 e. The molecule has 0 fully saturated rings. The normalized spacial score (nSPS) is 16.7. The molecular formula is C7H9Cl2N3. The fraction of sp³-hybridized carbons (Fsp3) is 0. The largest absolute Gasteiger partial charge is 0.365 e. The lowest BCUT2D eigenvalue weighted by Crippen LogP contribution is -2.19. The highest BCUT2D eigenvalue weighted by Gasteiger charge is 2.05. The van der Waals surface area contributed by atoms with Crippen LogP contribution in [0.15, 0.2) is 41.7 Å². The Hall–Kier alpha value is -0.930. The number of aliphatic imine (C=N–C) groups is 1. The summed E-state index contributed by atoms with van der Waals surface area (Å²) in [4.78, 5) is 5.96. The molecule has 0 atom stereocenters. The summed E-state index contributed by atoms with van der Waals surface area (Å²) in [6.07, 6.45) is 11.2. The van der Waals surface area contributed by atoms with Crippen molar-refractivity contribution in [3.05, 3.63) is 36.7 Å². The topological polar surface area (TPSA) is 27.6 Å². The van der Waals surface area contributed by atoms with Gasteiger partial charge in [0.05, 0.1) is 11.9 Å². The van der Waals surface area contributed by atoms with Gasteiger partial charge in [0.25, 0.3) is 0 Å². The maximum atomic E-state index is 3.97. The van der Waals surface area contributed by atoms with Gasteiger partial charge in [0.2, 0.25) is 0 Å². The Balaban J connectivity index is 0.000000605. The zero-order valence-corrected chi connectivity index (χ0v) is 7.81. The van der Waals surface area contributed by atoms with E-state index in [-0.39, 0.29) is 24.8 Å². The molecule has 0 unspecified atom stereocenters. The Labute approximate surface area is 83.4 Å². The highest BCUT2D eigenvalue weighted by atomic mass is 35.5. The van der Waals surface area contributed by atoms with Gasteiger partial charge in [0.1, 0.15) is 0 Å². The SMILES string of the molecule is C1=CN2C=CNC=C2C=N1.Cl.Cl. The maximum absolute atomic E-state index is 3.97. The van der Waals surface area contributed by atoms with Crippen LogP contribution in [0, 0.1) is 0 Å². The Bertz CT molecular complexity index is 255. The zero-order chi connectivity index (χ0) is 6.81. The van der Waals surface area contributed by atoms with E-state index in [0.29, 0.717) is 0 Å². The van der Waals surface area contributed by atoms with Crippen molar-refractivity contribution in [2.75, 3.05) is 0 Å². The molecule has 0 spiro atoms. The van der Waals surface area contributed by atoms with E-state index in [9.17, 15) is 0 Å². The van der Waals surface area contributed by atoms with Crippen molar-refractivity contribution in [1.82, 2.24) is 10.2 Å². The lowest BCUT2D eigenvalue weighted by atomic mass is 10.4. The van der Waals surface area contributed by atoms with E-state index in [1.807, 2.05) is 29.7 Å². The van der Waals surface area contributed by atoms with Crippen LogP contribution < -0.4 is 5.32 Å². The Kier molecular flexibility index (Phi) is 4.47. The first kappa shape index (κ1) is 11.1. The fourth-order valence-corrected chi connectivity index (χ4v) is 0.887. The quantitative estimate of drug-likeness (QED) is 0.651. The van der Waals surface area contributed by atoms with Gasteiger partial charge in [-0.3, -0.25) is 4.99 Å². The molecule has 0 aromatic carbocycles. The van der Waals surface area contributed by atoms with Crippen LogP contribution in [0.3, 0.4) is 0 Å². The van der Waals surface area contributed by atoms with Crippen LogP contribution in [0.25, 0.3) is 0 Å². The van der Waals surface area contributed by atoms with Gasteiger partial charge in [-0.05, 0) is 0 Å². The molecule has 0 saturated heterocycles. The molecule has 0 amide bonds. The maximum Gasteiger partial charge on any atom is 0.0796 e. The van der Waals surface area contributed by atoms with Gasteiger partial charge < -0.3 is 10.2 Å². The average molecular weight is 206 g/mol. The van der Waals surface area contributed by atoms with E-state index in [1.165, 1.54) is 0 Å². The first-order valence-corrected chi connectivity index (χ1v) is 3.08. The second kappa shape index (κ2) is 4.85. The van der Waals surface area contributed by atoms with E-state index < -0.39 is 0 Å². The highest BCUT2D eigenvalue weighted by Crippen LogP contribution is 2.09. The molecular weight excluding hydrogens is 197 g/mol. The van der Waals surface area contributed by atoms with E-state index in [4.69, 9.17) is 0 Å². The lowest BCUT2D eigenvalue weighted by Gasteiger charge is -2.20. The summed E-state index contributed by atoms with van der Waals surface area (Å²) >= 11 is 0. The van der Waals surface area contributed by atoms with Gasteiger partial charge in [0.15, 0.2) is 0 Å². The van der Waals surface area contributed by atoms with Gasteiger partial charge in [-0.15, -0.1) is 24.8 Å². The molecule has 2 aliphatic heterocycles. The van der Waals surface area contributed by atoms with Crippen LogP contribution >= 0.6 is 24.8 Å². The molecule has 2 heterocycles. The minimum atomic E-state index is 0. The molecule has 2 aliphatic rings.